The zero-order valence-corrected chi connectivity index (χ0v) is 10.1. The molecule has 0 N–H and O–H groups in total. The Balaban J connectivity index is 2.53. The van der Waals surface area contributed by atoms with E-state index in [1.54, 1.807) is 6.33 Å². The molecule has 0 bridgehead atoms. The average molecular weight is 216 g/mol. The third kappa shape index (κ3) is 1.96. The van der Waals surface area contributed by atoms with Crippen molar-refractivity contribution in [1.29, 1.82) is 0 Å². The van der Waals surface area contributed by atoms with Gasteiger partial charge in [-0.05, 0) is 39.8 Å². The number of hydrogen-bond acceptors (Lipinski definition) is 3. The van der Waals surface area contributed by atoms with Gasteiger partial charge in [-0.25, -0.2) is 4.98 Å². The van der Waals surface area contributed by atoms with Crippen LogP contribution < -0.4 is 0 Å². The number of hydrogen-bond donors (Lipinski definition) is 0. The summed E-state index contributed by atoms with van der Waals surface area (Å²) < 4.78 is 2.04. The number of nitrogens with zero attached hydrogens (tertiary/aromatic N) is 4. The summed E-state index contributed by atoms with van der Waals surface area (Å²) in [4.78, 5) is 4.47. The Morgan fingerprint density at radius 3 is 2.56 bits per heavy atom. The monoisotopic (exact) mass is 216 g/mol. The van der Waals surface area contributed by atoms with Crippen molar-refractivity contribution < 1.29 is 0 Å². The summed E-state index contributed by atoms with van der Waals surface area (Å²) in [5.74, 6) is 0.816. The summed E-state index contributed by atoms with van der Waals surface area (Å²) in [6.45, 7) is 8.34. The van der Waals surface area contributed by atoms with E-state index in [0.29, 0.717) is 0 Å². The van der Waals surface area contributed by atoms with Crippen molar-refractivity contribution in [2.24, 2.45) is 0 Å². The van der Waals surface area contributed by atoms with E-state index in [9.17, 15) is 0 Å². The van der Waals surface area contributed by atoms with Crippen molar-refractivity contribution in [2.75, 3.05) is 0 Å². The topological polar surface area (TPSA) is 43.6 Å². The predicted octanol–water partition coefficient (Wildman–Crippen LogP) is 2.40. The van der Waals surface area contributed by atoms with Crippen LogP contribution in [0.25, 0.3) is 11.5 Å². The van der Waals surface area contributed by atoms with E-state index in [1.807, 2.05) is 29.7 Å². The highest BCUT2D eigenvalue weighted by atomic mass is 15.3. The van der Waals surface area contributed by atoms with Crippen LogP contribution in [0.2, 0.25) is 0 Å². The summed E-state index contributed by atoms with van der Waals surface area (Å²) in [6, 6.07) is 5.92. The third-order valence-corrected chi connectivity index (χ3v) is 2.39. The molecule has 0 unspecified atom stereocenters. The molecule has 0 aromatic carbocycles. The summed E-state index contributed by atoms with van der Waals surface area (Å²) in [5, 5.41) is 8.11. The first-order valence-electron chi connectivity index (χ1n) is 5.33. The fourth-order valence-electron chi connectivity index (χ4n) is 1.57. The molecule has 2 aromatic rings. The molecule has 0 amide bonds. The molecule has 0 aliphatic heterocycles. The maximum absolute atomic E-state index is 4.47. The second-order valence-electron chi connectivity index (χ2n) is 4.86. The highest BCUT2D eigenvalue weighted by Gasteiger charge is 2.19. The lowest BCUT2D eigenvalue weighted by molar-refractivity contribution is 0.399. The Hall–Kier alpha value is -1.71. The standard InChI is InChI=1S/C12H16N4/c1-9-6-5-7-10(14-9)11-15-13-8-16(11)12(2,3)4/h5-8H,1-4H3. The van der Waals surface area contributed by atoms with Gasteiger partial charge in [0, 0.05) is 11.2 Å². The van der Waals surface area contributed by atoms with Gasteiger partial charge in [0.25, 0.3) is 0 Å². The fourth-order valence-corrected chi connectivity index (χ4v) is 1.57. The van der Waals surface area contributed by atoms with E-state index in [1.165, 1.54) is 0 Å². The molecule has 2 rings (SSSR count). The van der Waals surface area contributed by atoms with E-state index in [4.69, 9.17) is 0 Å². The maximum Gasteiger partial charge on any atom is 0.182 e. The smallest absolute Gasteiger partial charge is 0.182 e. The van der Waals surface area contributed by atoms with E-state index >= 15 is 0 Å². The molecule has 0 saturated carbocycles. The van der Waals surface area contributed by atoms with Crippen LogP contribution in [0.4, 0.5) is 0 Å². The summed E-state index contributed by atoms with van der Waals surface area (Å²) in [5.41, 5.74) is 1.82. The second kappa shape index (κ2) is 3.70. The quantitative estimate of drug-likeness (QED) is 0.735. The lowest BCUT2D eigenvalue weighted by Gasteiger charge is -2.22. The van der Waals surface area contributed by atoms with Gasteiger partial charge in [-0.2, -0.15) is 0 Å². The molecule has 4 nitrogen and oxygen atoms in total. The molecule has 0 spiro atoms. The molecule has 2 heterocycles. The van der Waals surface area contributed by atoms with Gasteiger partial charge in [0.05, 0.1) is 0 Å². The van der Waals surface area contributed by atoms with Crippen LogP contribution in [0.1, 0.15) is 26.5 Å². The average Bonchev–Trinajstić information content (AvgIpc) is 2.65. The van der Waals surface area contributed by atoms with E-state index in [-0.39, 0.29) is 5.54 Å². The zero-order valence-electron chi connectivity index (χ0n) is 10.1. The molecular weight excluding hydrogens is 200 g/mol. The number of rotatable bonds is 1. The first-order valence-corrected chi connectivity index (χ1v) is 5.33. The summed E-state index contributed by atoms with van der Waals surface area (Å²) in [6.07, 6.45) is 1.75. The van der Waals surface area contributed by atoms with Crippen molar-refractivity contribution >= 4 is 0 Å². The number of pyridine rings is 1. The minimum atomic E-state index is -0.0374. The Labute approximate surface area is 95.4 Å². The number of aryl methyl sites for hydroxylation is 1. The Morgan fingerprint density at radius 2 is 1.94 bits per heavy atom. The van der Waals surface area contributed by atoms with Crippen molar-refractivity contribution in [3.63, 3.8) is 0 Å². The van der Waals surface area contributed by atoms with Crippen LogP contribution in [0, 0.1) is 6.92 Å². The van der Waals surface area contributed by atoms with Crippen LogP contribution in [0.3, 0.4) is 0 Å². The van der Waals surface area contributed by atoms with Crippen LogP contribution in [0.15, 0.2) is 24.5 Å². The van der Waals surface area contributed by atoms with Gasteiger partial charge >= 0.3 is 0 Å². The van der Waals surface area contributed by atoms with Crippen LogP contribution >= 0.6 is 0 Å². The molecule has 0 atom stereocenters. The van der Waals surface area contributed by atoms with Gasteiger partial charge in [0.15, 0.2) is 5.82 Å². The summed E-state index contributed by atoms with van der Waals surface area (Å²) in [7, 11) is 0. The first kappa shape index (κ1) is 10.8. The second-order valence-corrected chi connectivity index (χ2v) is 4.86. The van der Waals surface area contributed by atoms with Gasteiger partial charge in [0.2, 0.25) is 0 Å². The highest BCUT2D eigenvalue weighted by Crippen LogP contribution is 2.22. The largest absolute Gasteiger partial charge is 0.307 e. The molecule has 0 fully saturated rings. The Kier molecular flexibility index (Phi) is 2.50. The molecular formula is C12H16N4. The van der Waals surface area contributed by atoms with E-state index in [2.05, 4.69) is 36.0 Å². The molecule has 0 aliphatic rings. The van der Waals surface area contributed by atoms with Gasteiger partial charge in [-0.3, -0.25) is 0 Å². The van der Waals surface area contributed by atoms with Crippen molar-refractivity contribution in [3.05, 3.63) is 30.2 Å². The fraction of sp³-hybridized carbons (Fsp3) is 0.417. The van der Waals surface area contributed by atoms with Crippen molar-refractivity contribution in [1.82, 2.24) is 19.7 Å². The normalized spacial score (nSPS) is 11.8. The molecule has 84 valence electrons. The lowest BCUT2D eigenvalue weighted by Crippen LogP contribution is -2.22. The first-order chi connectivity index (χ1) is 7.48. The minimum absolute atomic E-state index is 0.0374. The molecule has 4 heteroatoms. The molecule has 0 saturated heterocycles. The minimum Gasteiger partial charge on any atom is -0.307 e. The molecule has 2 aromatic heterocycles. The highest BCUT2D eigenvalue weighted by molar-refractivity contribution is 5.49. The molecule has 0 aliphatic carbocycles. The molecule has 0 radical (unpaired) electrons. The van der Waals surface area contributed by atoms with E-state index < -0.39 is 0 Å². The Morgan fingerprint density at radius 1 is 1.19 bits per heavy atom. The van der Waals surface area contributed by atoms with Crippen LogP contribution in [-0.2, 0) is 5.54 Å². The molecule has 16 heavy (non-hydrogen) atoms. The predicted molar refractivity (Wildman–Crippen MR) is 63.0 cm³/mol. The van der Waals surface area contributed by atoms with Crippen LogP contribution in [0.5, 0.6) is 0 Å². The lowest BCUT2D eigenvalue weighted by atomic mass is 10.1. The van der Waals surface area contributed by atoms with Crippen molar-refractivity contribution in [3.8, 4) is 11.5 Å². The van der Waals surface area contributed by atoms with Crippen molar-refractivity contribution in [2.45, 2.75) is 33.2 Å². The third-order valence-electron chi connectivity index (χ3n) is 2.39. The van der Waals surface area contributed by atoms with Crippen LogP contribution in [-0.4, -0.2) is 19.7 Å². The Bertz CT molecular complexity index is 494. The number of aromatic nitrogens is 4. The van der Waals surface area contributed by atoms with Gasteiger partial charge < -0.3 is 4.57 Å². The van der Waals surface area contributed by atoms with Gasteiger partial charge in [-0.15, -0.1) is 10.2 Å². The van der Waals surface area contributed by atoms with Gasteiger partial charge in [0.1, 0.15) is 12.0 Å². The zero-order chi connectivity index (χ0) is 11.8. The summed E-state index contributed by atoms with van der Waals surface area (Å²) >= 11 is 0. The van der Waals surface area contributed by atoms with E-state index in [0.717, 1.165) is 17.2 Å². The SMILES string of the molecule is Cc1cccc(-c2nncn2C(C)(C)C)n1. The van der Waals surface area contributed by atoms with Gasteiger partial charge in [-0.1, -0.05) is 6.07 Å². The maximum atomic E-state index is 4.47.